The lowest BCUT2D eigenvalue weighted by Crippen LogP contribution is -2.36. The van der Waals surface area contributed by atoms with Crippen molar-refractivity contribution in [1.29, 1.82) is 0 Å². The smallest absolute Gasteiger partial charge is 0.223 e. The molecule has 1 fully saturated rings. The van der Waals surface area contributed by atoms with Crippen LogP contribution in [-0.4, -0.2) is 25.7 Å². The zero-order valence-corrected chi connectivity index (χ0v) is 11.6. The number of ether oxygens (including phenoxy) is 1. The standard InChI is InChI=1S/C16H23NO2/c1-13(15-8-11-19-12-9-15)16(18)17-10-7-14-5-3-2-4-6-14/h2-6,13,15H,7-12H2,1H3,(H,17,18). The zero-order chi connectivity index (χ0) is 13.5. The van der Waals surface area contributed by atoms with Gasteiger partial charge in [-0.2, -0.15) is 0 Å². The Bertz CT molecular complexity index is 385. The molecule has 2 rings (SSSR count). The van der Waals surface area contributed by atoms with Crippen LogP contribution in [0.3, 0.4) is 0 Å². The fourth-order valence-corrected chi connectivity index (χ4v) is 2.57. The molecule has 0 spiro atoms. The predicted octanol–water partition coefficient (Wildman–Crippen LogP) is 2.41. The van der Waals surface area contributed by atoms with Crippen LogP contribution in [0.2, 0.25) is 0 Å². The van der Waals surface area contributed by atoms with Crippen LogP contribution in [0.5, 0.6) is 0 Å². The fourth-order valence-electron chi connectivity index (χ4n) is 2.57. The Hall–Kier alpha value is -1.35. The maximum absolute atomic E-state index is 12.1. The van der Waals surface area contributed by atoms with Crippen molar-refractivity contribution in [3.05, 3.63) is 35.9 Å². The van der Waals surface area contributed by atoms with E-state index >= 15 is 0 Å². The summed E-state index contributed by atoms with van der Waals surface area (Å²) < 4.78 is 5.34. The Balaban J connectivity index is 1.71. The molecule has 1 N–H and O–H groups in total. The van der Waals surface area contributed by atoms with Gasteiger partial charge in [0, 0.05) is 25.7 Å². The number of hydrogen-bond acceptors (Lipinski definition) is 2. The van der Waals surface area contributed by atoms with E-state index in [1.165, 1.54) is 5.56 Å². The first-order valence-corrected chi connectivity index (χ1v) is 7.17. The normalized spacial score (nSPS) is 17.9. The maximum Gasteiger partial charge on any atom is 0.223 e. The summed E-state index contributed by atoms with van der Waals surface area (Å²) >= 11 is 0. The molecule has 1 amide bonds. The van der Waals surface area contributed by atoms with E-state index in [2.05, 4.69) is 17.4 Å². The molecule has 1 heterocycles. The van der Waals surface area contributed by atoms with E-state index in [0.29, 0.717) is 5.92 Å². The van der Waals surface area contributed by atoms with E-state index in [-0.39, 0.29) is 11.8 Å². The van der Waals surface area contributed by atoms with Gasteiger partial charge in [-0.05, 0) is 30.7 Å². The Kier molecular flexibility index (Phi) is 5.40. The number of carbonyl (C=O) groups is 1. The van der Waals surface area contributed by atoms with E-state index in [1.807, 2.05) is 25.1 Å². The molecule has 0 aliphatic carbocycles. The molecule has 1 aromatic carbocycles. The molecule has 1 atom stereocenters. The lowest BCUT2D eigenvalue weighted by molar-refractivity contribution is -0.127. The minimum Gasteiger partial charge on any atom is -0.381 e. The third kappa shape index (κ3) is 4.35. The summed E-state index contributed by atoms with van der Waals surface area (Å²) in [5, 5.41) is 3.05. The van der Waals surface area contributed by atoms with Crippen LogP contribution in [0.15, 0.2) is 30.3 Å². The highest BCUT2D eigenvalue weighted by molar-refractivity contribution is 5.78. The third-order valence-electron chi connectivity index (χ3n) is 3.94. The lowest BCUT2D eigenvalue weighted by atomic mass is 9.87. The number of hydrogen-bond donors (Lipinski definition) is 1. The van der Waals surface area contributed by atoms with E-state index < -0.39 is 0 Å². The molecular formula is C16H23NO2. The van der Waals surface area contributed by atoms with Crippen molar-refractivity contribution in [1.82, 2.24) is 5.32 Å². The first-order valence-electron chi connectivity index (χ1n) is 7.17. The highest BCUT2D eigenvalue weighted by Crippen LogP contribution is 2.23. The highest BCUT2D eigenvalue weighted by atomic mass is 16.5. The molecule has 1 aromatic rings. The van der Waals surface area contributed by atoms with Gasteiger partial charge in [-0.3, -0.25) is 4.79 Å². The summed E-state index contributed by atoms with van der Waals surface area (Å²) in [5.41, 5.74) is 1.27. The molecule has 0 aromatic heterocycles. The third-order valence-corrected chi connectivity index (χ3v) is 3.94. The lowest BCUT2D eigenvalue weighted by Gasteiger charge is -2.26. The van der Waals surface area contributed by atoms with Gasteiger partial charge in [0.05, 0.1) is 0 Å². The number of nitrogens with one attached hydrogen (secondary N) is 1. The van der Waals surface area contributed by atoms with Crippen molar-refractivity contribution in [2.45, 2.75) is 26.2 Å². The van der Waals surface area contributed by atoms with E-state index in [1.54, 1.807) is 0 Å². The Morgan fingerprint density at radius 2 is 2.00 bits per heavy atom. The molecule has 3 heteroatoms. The number of amides is 1. The molecule has 1 aliphatic rings. The quantitative estimate of drug-likeness (QED) is 0.884. The molecule has 19 heavy (non-hydrogen) atoms. The summed E-state index contributed by atoms with van der Waals surface area (Å²) in [7, 11) is 0. The van der Waals surface area contributed by atoms with Gasteiger partial charge in [-0.25, -0.2) is 0 Å². The van der Waals surface area contributed by atoms with E-state index in [9.17, 15) is 4.79 Å². The maximum atomic E-state index is 12.1. The number of carbonyl (C=O) groups excluding carboxylic acids is 1. The molecule has 1 aliphatic heterocycles. The second-order valence-electron chi connectivity index (χ2n) is 5.27. The van der Waals surface area contributed by atoms with Gasteiger partial charge in [0.2, 0.25) is 5.91 Å². The molecule has 1 saturated heterocycles. The Morgan fingerprint density at radius 1 is 1.32 bits per heavy atom. The molecule has 0 saturated carbocycles. The van der Waals surface area contributed by atoms with E-state index in [4.69, 9.17) is 4.74 Å². The van der Waals surface area contributed by atoms with Crippen LogP contribution in [0.4, 0.5) is 0 Å². The van der Waals surface area contributed by atoms with Gasteiger partial charge in [-0.1, -0.05) is 37.3 Å². The van der Waals surface area contributed by atoms with Crippen molar-refractivity contribution in [3.8, 4) is 0 Å². The topological polar surface area (TPSA) is 38.3 Å². The van der Waals surface area contributed by atoms with Crippen molar-refractivity contribution >= 4 is 5.91 Å². The summed E-state index contributed by atoms with van der Waals surface area (Å²) in [4.78, 5) is 12.1. The van der Waals surface area contributed by atoms with Crippen molar-refractivity contribution < 1.29 is 9.53 Å². The number of benzene rings is 1. The first-order chi connectivity index (χ1) is 9.27. The largest absolute Gasteiger partial charge is 0.381 e. The minimum atomic E-state index is 0.0969. The van der Waals surface area contributed by atoms with Crippen molar-refractivity contribution in [3.63, 3.8) is 0 Å². The van der Waals surface area contributed by atoms with E-state index in [0.717, 1.165) is 39.0 Å². The summed E-state index contributed by atoms with van der Waals surface area (Å²) in [6.07, 6.45) is 2.91. The van der Waals surface area contributed by atoms with Gasteiger partial charge in [-0.15, -0.1) is 0 Å². The van der Waals surface area contributed by atoms with Gasteiger partial charge < -0.3 is 10.1 Å². The fraction of sp³-hybridized carbons (Fsp3) is 0.562. The molecule has 1 unspecified atom stereocenters. The zero-order valence-electron chi connectivity index (χ0n) is 11.6. The average molecular weight is 261 g/mol. The summed E-state index contributed by atoms with van der Waals surface area (Å²) in [6, 6.07) is 10.3. The van der Waals surface area contributed by atoms with Crippen LogP contribution in [-0.2, 0) is 16.0 Å². The van der Waals surface area contributed by atoms with Gasteiger partial charge >= 0.3 is 0 Å². The van der Waals surface area contributed by atoms with Gasteiger partial charge in [0.15, 0.2) is 0 Å². The van der Waals surface area contributed by atoms with Crippen molar-refractivity contribution in [2.75, 3.05) is 19.8 Å². The Morgan fingerprint density at radius 3 is 2.68 bits per heavy atom. The van der Waals surface area contributed by atoms with Crippen molar-refractivity contribution in [2.24, 2.45) is 11.8 Å². The highest BCUT2D eigenvalue weighted by Gasteiger charge is 2.25. The summed E-state index contributed by atoms with van der Waals surface area (Å²) in [5.74, 6) is 0.757. The SMILES string of the molecule is CC(C(=O)NCCc1ccccc1)C1CCOCC1. The van der Waals surface area contributed by atoms with Crippen LogP contribution in [0, 0.1) is 11.8 Å². The predicted molar refractivity (Wildman–Crippen MR) is 75.9 cm³/mol. The monoisotopic (exact) mass is 261 g/mol. The van der Waals surface area contributed by atoms with Crippen LogP contribution in [0.25, 0.3) is 0 Å². The molecular weight excluding hydrogens is 238 g/mol. The van der Waals surface area contributed by atoms with Gasteiger partial charge in [0.25, 0.3) is 0 Å². The molecule has 104 valence electrons. The van der Waals surface area contributed by atoms with Crippen LogP contribution in [0.1, 0.15) is 25.3 Å². The second kappa shape index (κ2) is 7.29. The van der Waals surface area contributed by atoms with Crippen LogP contribution < -0.4 is 5.32 Å². The molecule has 3 nitrogen and oxygen atoms in total. The first kappa shape index (κ1) is 14.1. The molecule has 0 bridgehead atoms. The second-order valence-corrected chi connectivity index (χ2v) is 5.27. The Labute approximate surface area is 115 Å². The van der Waals surface area contributed by atoms with Gasteiger partial charge in [0.1, 0.15) is 0 Å². The van der Waals surface area contributed by atoms with Crippen LogP contribution >= 0.6 is 0 Å². The summed E-state index contributed by atoms with van der Waals surface area (Å²) in [6.45, 7) is 4.35. The molecule has 0 radical (unpaired) electrons. The number of rotatable bonds is 5. The average Bonchev–Trinajstić information content (AvgIpc) is 2.48. The minimum absolute atomic E-state index is 0.0969.